The molecule has 4 atom stereocenters. The minimum absolute atomic E-state index is 0.0181. The Labute approximate surface area is 414 Å². The molecule has 0 saturated carbocycles. The van der Waals surface area contributed by atoms with Crippen LogP contribution in [0.5, 0.6) is 23.0 Å². The Hall–Kier alpha value is -6.70. The van der Waals surface area contributed by atoms with Crippen molar-refractivity contribution in [2.45, 2.75) is 97.7 Å². The summed E-state index contributed by atoms with van der Waals surface area (Å²) in [5.41, 5.74) is -2.96. The zero-order valence-corrected chi connectivity index (χ0v) is 42.2. The van der Waals surface area contributed by atoms with E-state index in [0.29, 0.717) is 42.6 Å². The number of carbonyl (C=O) groups excluding carboxylic acids is 5. The van der Waals surface area contributed by atoms with Crippen LogP contribution >= 0.6 is 7.60 Å². The van der Waals surface area contributed by atoms with E-state index >= 15 is 0 Å². The van der Waals surface area contributed by atoms with Gasteiger partial charge in [-0.15, -0.1) is 0 Å². The number of hydrogen-bond donors (Lipinski definition) is 4. The monoisotopic (exact) mass is 1010 g/mol. The van der Waals surface area contributed by atoms with Crippen molar-refractivity contribution in [3.8, 4) is 23.0 Å². The zero-order valence-electron chi connectivity index (χ0n) is 41.3. The molecule has 1 aromatic heterocycles. The van der Waals surface area contributed by atoms with E-state index in [9.17, 15) is 43.0 Å². The van der Waals surface area contributed by atoms with Crippen molar-refractivity contribution >= 4 is 43.4 Å². The molecule has 3 aliphatic heterocycles. The smallest absolute Gasteiger partial charge is 0.340 e. The van der Waals surface area contributed by atoms with Gasteiger partial charge in [0.2, 0.25) is 5.91 Å². The summed E-state index contributed by atoms with van der Waals surface area (Å²) in [5.74, 6) is -1.65. The Morgan fingerprint density at radius 1 is 0.847 bits per heavy atom. The Morgan fingerprint density at radius 3 is 2.01 bits per heavy atom. The van der Waals surface area contributed by atoms with E-state index in [1.54, 1.807) is 77.9 Å². The highest BCUT2D eigenvalue weighted by Gasteiger charge is 2.54. The predicted octanol–water partition coefficient (Wildman–Crippen LogP) is 6.26. The minimum Gasteiger partial charge on any atom is -0.456 e. The number of hydrogen-bond acceptors (Lipinski definition) is 15. The van der Waals surface area contributed by atoms with E-state index in [1.165, 1.54) is 43.7 Å². The number of aromatic amines is 1. The maximum Gasteiger partial charge on any atom is 0.340 e. The highest BCUT2D eigenvalue weighted by molar-refractivity contribution is 7.51. The third kappa shape index (κ3) is 12.0. The molecule has 4 heterocycles. The van der Waals surface area contributed by atoms with Crippen LogP contribution in [0, 0.1) is 10.8 Å². The molecule has 3 aromatic carbocycles. The van der Waals surface area contributed by atoms with Crippen molar-refractivity contribution in [2.24, 2.45) is 10.8 Å². The van der Waals surface area contributed by atoms with Gasteiger partial charge in [-0.05, 0) is 103 Å². The molecule has 20 nitrogen and oxygen atoms in total. The lowest BCUT2D eigenvalue weighted by molar-refractivity contribution is -0.143. The van der Waals surface area contributed by atoms with E-state index < -0.39 is 77.5 Å². The molecule has 72 heavy (non-hydrogen) atoms. The Bertz CT molecular complexity index is 2900. The first kappa shape index (κ1) is 53.1. The van der Waals surface area contributed by atoms with Crippen molar-refractivity contribution in [1.82, 2.24) is 20.2 Å². The van der Waals surface area contributed by atoms with Gasteiger partial charge in [-0.25, -0.2) is 9.59 Å². The molecule has 3 aliphatic rings. The molecule has 2 unspecified atom stereocenters. The van der Waals surface area contributed by atoms with Crippen LogP contribution in [-0.2, 0) is 43.3 Å². The van der Waals surface area contributed by atoms with Gasteiger partial charge in [-0.2, -0.15) is 0 Å². The summed E-state index contributed by atoms with van der Waals surface area (Å²) in [4.78, 5) is 103. The van der Waals surface area contributed by atoms with Gasteiger partial charge in [0.15, 0.2) is 5.60 Å². The lowest BCUT2D eigenvalue weighted by Gasteiger charge is -2.37. The summed E-state index contributed by atoms with van der Waals surface area (Å²) >= 11 is 0. The van der Waals surface area contributed by atoms with E-state index in [0.717, 1.165) is 24.1 Å². The number of amides is 2. The summed E-state index contributed by atoms with van der Waals surface area (Å²) in [7, 11) is -2.36. The molecule has 2 amide bonds. The molecule has 0 radical (unpaired) electrons. The SMILES string of the molecule is COC1C[C@H](n2cc(/C=C/C(=O)NCCCCCCNC(=O)c3ccc4c(c3)C3(OC4=O)c4ccc(OC(=O)C(C)(C)C)cc4Oc4cc(OC(=O)C(C)(C)C)ccc43)c(=O)[nH]c2=O)O[C@@H]1COP(C)(=O)O. The molecule has 4 N–H and O–H groups in total. The Kier molecular flexibility index (Phi) is 15.6. The third-order valence-corrected chi connectivity index (χ3v) is 12.7. The number of benzene rings is 3. The van der Waals surface area contributed by atoms with Crippen LogP contribution in [0.3, 0.4) is 0 Å². The molecule has 21 heteroatoms. The van der Waals surface area contributed by atoms with Crippen LogP contribution in [-0.4, -0.2) is 89.8 Å². The fourth-order valence-corrected chi connectivity index (χ4v) is 8.55. The molecule has 7 rings (SSSR count). The molecule has 384 valence electrons. The van der Waals surface area contributed by atoms with E-state index in [2.05, 4.69) is 15.6 Å². The van der Waals surface area contributed by atoms with Gasteiger partial charge in [0.05, 0.1) is 34.7 Å². The molecule has 0 bridgehead atoms. The molecular weight excluding hydrogens is 956 g/mol. The van der Waals surface area contributed by atoms with Crippen LogP contribution in [0.1, 0.15) is 123 Å². The van der Waals surface area contributed by atoms with Gasteiger partial charge in [0.25, 0.3) is 11.5 Å². The van der Waals surface area contributed by atoms with Gasteiger partial charge in [0.1, 0.15) is 35.3 Å². The average Bonchev–Trinajstić information content (AvgIpc) is 3.85. The molecule has 1 saturated heterocycles. The second kappa shape index (κ2) is 21.2. The summed E-state index contributed by atoms with van der Waals surface area (Å²) in [6, 6.07) is 14.2. The molecule has 1 fully saturated rings. The van der Waals surface area contributed by atoms with Crippen LogP contribution in [0.15, 0.2) is 76.5 Å². The number of aromatic nitrogens is 2. The molecule has 4 aromatic rings. The standard InChI is InChI=1S/C51H59N4O16P/c1-49(2,3)46(60)67-31-15-18-34-37(24-31)69-38-25-32(68-47(61)50(4,5)6)16-19-35(38)51(34)36-23-29(13-17-33(36)45(59)71-51)43(57)53-22-12-10-9-11-21-52-41(56)20-14-30-27-55(48(62)54-44(30)58)42-26-39(65-7)40(70-42)28-66-72(8,63)64/h13-20,23-25,27,39-40,42H,9-12,21-22,26,28H2,1-8H3,(H,52,56)(H,53,57)(H,63,64)(H,54,58,62)/b20-14+/t39?,40-,42-/m1/s1. The number of unbranched alkanes of at least 4 members (excludes halogenated alkanes) is 3. The number of ether oxygens (including phenoxy) is 6. The Balaban J connectivity index is 0.953. The molecule has 0 aliphatic carbocycles. The lowest BCUT2D eigenvalue weighted by atomic mass is 9.77. The third-order valence-electron chi connectivity index (χ3n) is 12.0. The largest absolute Gasteiger partial charge is 0.456 e. The number of nitrogens with one attached hydrogen (secondary N) is 3. The van der Waals surface area contributed by atoms with Crippen molar-refractivity contribution in [3.63, 3.8) is 0 Å². The average molecular weight is 1020 g/mol. The first-order valence-corrected chi connectivity index (χ1v) is 25.4. The minimum atomic E-state index is -3.79. The molecule has 1 spiro atoms. The number of rotatable bonds is 17. The van der Waals surface area contributed by atoms with Gasteiger partial charge >= 0.3 is 31.2 Å². The fraction of sp³-hybridized carbons (Fsp3) is 0.431. The second-order valence-corrected chi connectivity index (χ2v) is 21.7. The van der Waals surface area contributed by atoms with Gasteiger partial charge in [0, 0.05) is 79.9 Å². The van der Waals surface area contributed by atoms with Crippen molar-refractivity contribution in [1.29, 1.82) is 0 Å². The highest BCUT2D eigenvalue weighted by atomic mass is 31.2. The summed E-state index contributed by atoms with van der Waals surface area (Å²) < 4.78 is 53.1. The van der Waals surface area contributed by atoms with Crippen molar-refractivity contribution < 1.29 is 66.4 Å². The van der Waals surface area contributed by atoms with Crippen LogP contribution in [0.2, 0.25) is 0 Å². The topological polar surface area (TPSA) is 266 Å². The van der Waals surface area contributed by atoms with Crippen molar-refractivity contribution in [3.05, 3.63) is 121 Å². The summed E-state index contributed by atoms with van der Waals surface area (Å²) in [6.45, 7) is 11.8. The highest BCUT2D eigenvalue weighted by Crippen LogP contribution is 2.57. The summed E-state index contributed by atoms with van der Waals surface area (Å²) in [5, 5.41) is 5.71. The van der Waals surface area contributed by atoms with Gasteiger partial charge in [-0.3, -0.25) is 38.1 Å². The quantitative estimate of drug-likeness (QED) is 0.0299. The van der Waals surface area contributed by atoms with Crippen LogP contribution in [0.25, 0.3) is 6.08 Å². The number of esters is 3. The van der Waals surface area contributed by atoms with Gasteiger partial charge in [-0.1, -0.05) is 12.8 Å². The van der Waals surface area contributed by atoms with Crippen LogP contribution in [0.4, 0.5) is 0 Å². The number of nitrogens with zero attached hydrogens (tertiary/aromatic N) is 1. The van der Waals surface area contributed by atoms with E-state index in [4.69, 9.17) is 32.9 Å². The Morgan fingerprint density at radius 2 is 1.44 bits per heavy atom. The predicted molar refractivity (Wildman–Crippen MR) is 260 cm³/mol. The fourth-order valence-electron chi connectivity index (χ4n) is 8.13. The first-order valence-electron chi connectivity index (χ1n) is 23.4. The number of methoxy groups -OCH3 is 1. The maximum atomic E-state index is 13.7. The summed E-state index contributed by atoms with van der Waals surface area (Å²) in [6.07, 6.45) is 4.41. The van der Waals surface area contributed by atoms with Crippen LogP contribution < -0.4 is 36.1 Å². The van der Waals surface area contributed by atoms with E-state index in [-0.39, 0.29) is 58.6 Å². The van der Waals surface area contributed by atoms with Gasteiger partial charge < -0.3 is 48.5 Å². The molecular formula is C51H59N4O16P. The van der Waals surface area contributed by atoms with Crippen molar-refractivity contribution in [2.75, 3.05) is 33.5 Å². The maximum absolute atomic E-state index is 13.7. The second-order valence-electron chi connectivity index (χ2n) is 19.8. The number of carbonyl (C=O) groups is 5. The first-order chi connectivity index (χ1) is 33.9. The zero-order chi connectivity index (χ0) is 52.3. The lowest BCUT2D eigenvalue weighted by Crippen LogP contribution is -2.33. The van der Waals surface area contributed by atoms with E-state index in [1.807, 2.05) is 0 Å². The number of fused-ring (bicyclic) bond motifs is 6. The normalized spacial score (nSPS) is 18.6. The number of H-pyrrole nitrogens is 1.